The Labute approximate surface area is 227 Å². The third kappa shape index (κ3) is 6.35. The number of nitrogens with one attached hydrogen (secondary N) is 3. The van der Waals surface area contributed by atoms with Gasteiger partial charge in [-0.15, -0.1) is 0 Å². The summed E-state index contributed by atoms with van der Waals surface area (Å²) in [6, 6.07) is 21.4. The van der Waals surface area contributed by atoms with E-state index in [0.717, 1.165) is 17.5 Å². The first-order valence-electron chi connectivity index (χ1n) is 12.6. The van der Waals surface area contributed by atoms with Gasteiger partial charge in [-0.05, 0) is 73.0 Å². The molecule has 0 radical (unpaired) electrons. The zero-order valence-corrected chi connectivity index (χ0v) is 22.3. The summed E-state index contributed by atoms with van der Waals surface area (Å²) in [5.41, 5.74) is 2.94. The van der Waals surface area contributed by atoms with E-state index in [2.05, 4.69) is 15.6 Å². The number of hydrogen-bond donors (Lipinski definition) is 3. The van der Waals surface area contributed by atoms with Gasteiger partial charge in [0.05, 0.1) is 16.8 Å². The molecule has 5 rings (SSSR count). The number of ketones is 1. The number of nitrogens with zero attached hydrogens (tertiary/aromatic N) is 2. The number of carbonyl (C=O) groups excluding carboxylic acids is 1. The fraction of sp³-hybridized carbons (Fsp3) is 0.207. The topological polar surface area (TPSA) is 126 Å². The normalized spacial score (nSPS) is 16.8. The van der Waals surface area contributed by atoms with Crippen molar-refractivity contribution in [3.63, 3.8) is 0 Å². The number of rotatable bonds is 6. The Kier molecular flexibility index (Phi) is 7.74. The van der Waals surface area contributed by atoms with Gasteiger partial charge in [-0.25, -0.2) is 14.0 Å². The number of anilines is 3. The van der Waals surface area contributed by atoms with E-state index in [1.807, 2.05) is 30.3 Å². The molecule has 4 aromatic rings. The monoisotopic (exact) mass is 543 g/mol. The first-order chi connectivity index (χ1) is 18.9. The molecule has 10 heteroatoms. The Morgan fingerprint density at radius 3 is 2.56 bits per heavy atom. The largest absolute Gasteiger partial charge is 0.497 e. The van der Waals surface area contributed by atoms with Crippen LogP contribution in [0.4, 0.5) is 17.5 Å². The van der Waals surface area contributed by atoms with Crippen molar-refractivity contribution < 1.29 is 18.5 Å². The highest BCUT2D eigenvalue weighted by Crippen LogP contribution is 2.30. The van der Waals surface area contributed by atoms with Crippen LogP contribution >= 0.6 is 0 Å². The van der Waals surface area contributed by atoms with Crippen LogP contribution in [-0.4, -0.2) is 46.0 Å². The van der Waals surface area contributed by atoms with Crippen LogP contribution in [0.1, 0.15) is 23.2 Å². The van der Waals surface area contributed by atoms with E-state index in [-0.39, 0.29) is 12.4 Å². The van der Waals surface area contributed by atoms with Gasteiger partial charge in [0.1, 0.15) is 17.3 Å². The van der Waals surface area contributed by atoms with E-state index in [1.54, 1.807) is 55.8 Å². The predicted octanol–water partition coefficient (Wildman–Crippen LogP) is 5.77. The van der Waals surface area contributed by atoms with Crippen molar-refractivity contribution in [3.8, 4) is 22.6 Å². The highest BCUT2D eigenvalue weighted by molar-refractivity contribution is 7.92. The first-order valence-corrected chi connectivity index (χ1v) is 14.3. The molecule has 2 heterocycles. The van der Waals surface area contributed by atoms with Crippen LogP contribution in [0.2, 0.25) is 0 Å². The Hall–Kier alpha value is -4.44. The SMILES string of the molecule is COc1ccc(C(=O)COc2ccc(-c3cnc4nc3NCCCCS(=N)(=O)c3cccc(c3)N4)cc2)cc1. The average Bonchev–Trinajstić information content (AvgIpc) is 2.96. The van der Waals surface area contributed by atoms with Crippen LogP contribution in [0, 0.1) is 4.78 Å². The Bertz CT molecular complexity index is 1570. The lowest BCUT2D eigenvalue weighted by Crippen LogP contribution is -2.11. The number of Topliss-reactive ketones (excluding diaryl/α,β-unsaturated/α-hetero) is 1. The fourth-order valence-electron chi connectivity index (χ4n) is 4.19. The summed E-state index contributed by atoms with van der Waals surface area (Å²) in [5, 5.41) is 6.54. The summed E-state index contributed by atoms with van der Waals surface area (Å²) < 4.78 is 32.1. The van der Waals surface area contributed by atoms with Crippen molar-refractivity contribution in [2.24, 2.45) is 0 Å². The number of carbonyl (C=O) groups is 1. The van der Waals surface area contributed by atoms with Gasteiger partial charge in [-0.3, -0.25) is 4.79 Å². The summed E-state index contributed by atoms with van der Waals surface area (Å²) in [6.45, 7) is 0.541. The zero-order valence-electron chi connectivity index (χ0n) is 21.5. The minimum atomic E-state index is -2.87. The maximum absolute atomic E-state index is 12.9. The second kappa shape index (κ2) is 11.5. The molecule has 1 unspecified atom stereocenters. The van der Waals surface area contributed by atoms with Crippen LogP contribution in [0.15, 0.2) is 83.9 Å². The van der Waals surface area contributed by atoms with Gasteiger partial charge in [0.2, 0.25) is 5.95 Å². The molecule has 3 N–H and O–H groups in total. The average molecular weight is 544 g/mol. The molecule has 9 nitrogen and oxygen atoms in total. The highest BCUT2D eigenvalue weighted by atomic mass is 32.2. The van der Waals surface area contributed by atoms with E-state index < -0.39 is 9.73 Å². The number of ether oxygens (including phenoxy) is 2. The standard InChI is InChI=1S/C29H29N5O4S/c1-37-23-11-9-21(10-12-23)27(35)19-38-24-13-7-20(8-14-24)26-18-32-29-33-22-5-4-6-25(17-22)39(30,36)16-3-2-15-31-28(26)34-29/h4-14,17-18,30H,2-3,15-16,19H2,1H3,(H2,31,32,33,34). The number of hydrogen-bond acceptors (Lipinski definition) is 9. The molecular formula is C29H29N5O4S. The minimum absolute atomic E-state index is 0.0756. The quantitative estimate of drug-likeness (QED) is 0.262. The van der Waals surface area contributed by atoms with Crippen LogP contribution in [0.5, 0.6) is 11.5 Å². The predicted molar refractivity (Wildman–Crippen MR) is 152 cm³/mol. The second-order valence-corrected chi connectivity index (χ2v) is 11.3. The van der Waals surface area contributed by atoms with Crippen molar-refractivity contribution in [1.82, 2.24) is 9.97 Å². The van der Waals surface area contributed by atoms with Crippen molar-refractivity contribution in [3.05, 3.63) is 84.6 Å². The molecule has 4 bridgehead atoms. The van der Waals surface area contributed by atoms with Gasteiger partial charge >= 0.3 is 0 Å². The van der Waals surface area contributed by atoms with E-state index in [1.165, 1.54) is 0 Å². The van der Waals surface area contributed by atoms with Crippen LogP contribution in [0.3, 0.4) is 0 Å². The first kappa shape index (κ1) is 26.2. The van der Waals surface area contributed by atoms with Crippen LogP contribution in [0.25, 0.3) is 11.1 Å². The van der Waals surface area contributed by atoms with Crippen LogP contribution < -0.4 is 20.1 Å². The second-order valence-electron chi connectivity index (χ2n) is 9.09. The molecule has 39 heavy (non-hydrogen) atoms. The molecule has 1 aliphatic rings. The number of fused-ring (bicyclic) bond motifs is 4. The summed E-state index contributed by atoms with van der Waals surface area (Å²) in [7, 11) is -1.29. The smallest absolute Gasteiger partial charge is 0.229 e. The lowest BCUT2D eigenvalue weighted by molar-refractivity contribution is 0.0921. The fourth-order valence-corrected chi connectivity index (χ4v) is 5.65. The van der Waals surface area contributed by atoms with Gasteiger partial charge in [0, 0.05) is 40.2 Å². The molecule has 3 aromatic carbocycles. The molecule has 0 saturated carbocycles. The molecule has 1 aliphatic heterocycles. The Morgan fingerprint density at radius 1 is 1.03 bits per heavy atom. The van der Waals surface area contributed by atoms with Crippen molar-refractivity contribution in [2.45, 2.75) is 17.7 Å². The number of benzene rings is 3. The summed E-state index contributed by atoms with van der Waals surface area (Å²) in [5.74, 6) is 2.50. The zero-order chi connectivity index (χ0) is 27.2. The van der Waals surface area contributed by atoms with Crippen LogP contribution in [-0.2, 0) is 9.73 Å². The van der Waals surface area contributed by atoms with Gasteiger partial charge < -0.3 is 20.1 Å². The molecule has 0 spiro atoms. The van der Waals surface area contributed by atoms with Gasteiger partial charge in [0.25, 0.3) is 0 Å². The third-order valence-corrected chi connectivity index (χ3v) is 8.24. The van der Waals surface area contributed by atoms with E-state index in [9.17, 15) is 9.00 Å². The number of aromatic nitrogens is 2. The van der Waals surface area contributed by atoms with Gasteiger partial charge in [-0.1, -0.05) is 18.2 Å². The summed E-state index contributed by atoms with van der Waals surface area (Å²) in [6.07, 6.45) is 3.15. The molecule has 1 aromatic heterocycles. The molecule has 1 atom stereocenters. The summed E-state index contributed by atoms with van der Waals surface area (Å²) >= 11 is 0. The lowest BCUT2D eigenvalue weighted by Gasteiger charge is -2.13. The molecular weight excluding hydrogens is 514 g/mol. The lowest BCUT2D eigenvalue weighted by atomic mass is 10.1. The molecule has 0 aliphatic carbocycles. The maximum atomic E-state index is 12.9. The van der Waals surface area contributed by atoms with Crippen molar-refractivity contribution >= 4 is 33.0 Å². The van der Waals surface area contributed by atoms with Crippen molar-refractivity contribution in [1.29, 1.82) is 4.78 Å². The maximum Gasteiger partial charge on any atom is 0.229 e. The van der Waals surface area contributed by atoms with Gasteiger partial charge in [0.15, 0.2) is 12.4 Å². The Morgan fingerprint density at radius 2 is 1.79 bits per heavy atom. The minimum Gasteiger partial charge on any atom is -0.497 e. The van der Waals surface area contributed by atoms with Crippen molar-refractivity contribution in [2.75, 3.05) is 36.6 Å². The van der Waals surface area contributed by atoms with E-state index in [4.69, 9.17) is 19.2 Å². The van der Waals surface area contributed by atoms with Gasteiger partial charge in [-0.2, -0.15) is 4.98 Å². The van der Waals surface area contributed by atoms with E-state index in [0.29, 0.717) is 58.1 Å². The third-order valence-electron chi connectivity index (χ3n) is 6.36. The van der Waals surface area contributed by atoms with E-state index >= 15 is 0 Å². The summed E-state index contributed by atoms with van der Waals surface area (Å²) in [4.78, 5) is 22.2. The number of methoxy groups -OCH3 is 1. The molecule has 0 amide bonds. The highest BCUT2D eigenvalue weighted by Gasteiger charge is 2.15. The molecule has 0 saturated heterocycles. The Balaban J connectivity index is 1.32. The molecule has 0 fully saturated rings. The molecule has 200 valence electrons.